The lowest BCUT2D eigenvalue weighted by atomic mass is 9.96. The standard InChI is InChI=1S/C26H32O14/c1-9-15-11(24(34)37-9)6-10-4-3-5-12(35-2)16(10)23(15)40-26-22(33)20(31)18(29)14(39-26)8-36-25-21(32)19(30)17(28)13(7-27)38-25/h3-6,9,13-14,17-22,25-33H,7-8H2,1-2H3/t9-,13+,14+,17+,18+,19-,20-,21+,22+,25+,26-/m0/s1. The third kappa shape index (κ3) is 4.90. The van der Waals surface area contributed by atoms with Gasteiger partial charge in [0.25, 0.3) is 0 Å². The molecular weight excluding hydrogens is 536 g/mol. The number of aliphatic hydroxyl groups is 7. The average molecular weight is 569 g/mol. The Balaban J connectivity index is 1.42. The van der Waals surface area contributed by atoms with Crippen molar-refractivity contribution < 1.29 is 69.0 Å². The van der Waals surface area contributed by atoms with Crippen LogP contribution in [0.2, 0.25) is 0 Å². The molecule has 0 unspecified atom stereocenters. The minimum Gasteiger partial charge on any atom is -0.496 e. The Morgan fingerprint density at radius 1 is 0.875 bits per heavy atom. The number of esters is 1. The van der Waals surface area contributed by atoms with Crippen molar-refractivity contribution >= 4 is 16.7 Å². The van der Waals surface area contributed by atoms with Crippen LogP contribution in [0.15, 0.2) is 24.3 Å². The van der Waals surface area contributed by atoms with Gasteiger partial charge in [-0.1, -0.05) is 12.1 Å². The van der Waals surface area contributed by atoms with E-state index in [2.05, 4.69) is 0 Å². The van der Waals surface area contributed by atoms with Gasteiger partial charge in [0.2, 0.25) is 6.29 Å². The fourth-order valence-corrected chi connectivity index (χ4v) is 5.21. The van der Waals surface area contributed by atoms with Gasteiger partial charge in [-0.3, -0.25) is 0 Å². The van der Waals surface area contributed by atoms with Gasteiger partial charge >= 0.3 is 5.97 Å². The highest BCUT2D eigenvalue weighted by Gasteiger charge is 2.48. The number of carbonyl (C=O) groups excluding carboxylic acids is 1. The van der Waals surface area contributed by atoms with Crippen LogP contribution < -0.4 is 9.47 Å². The lowest BCUT2D eigenvalue weighted by molar-refractivity contribution is -0.323. The van der Waals surface area contributed by atoms with Crippen LogP contribution in [0.1, 0.15) is 28.9 Å². The molecule has 3 aliphatic rings. The van der Waals surface area contributed by atoms with E-state index in [1.807, 2.05) is 0 Å². The van der Waals surface area contributed by atoms with Gasteiger partial charge in [0.15, 0.2) is 6.29 Å². The van der Waals surface area contributed by atoms with E-state index in [-0.39, 0.29) is 11.3 Å². The number of aliphatic hydroxyl groups excluding tert-OH is 7. The van der Waals surface area contributed by atoms with Crippen LogP contribution in [0, 0.1) is 0 Å². The van der Waals surface area contributed by atoms with Crippen molar-refractivity contribution in [3.63, 3.8) is 0 Å². The van der Waals surface area contributed by atoms with Gasteiger partial charge in [0.1, 0.15) is 66.4 Å². The van der Waals surface area contributed by atoms with Gasteiger partial charge in [0.05, 0.1) is 31.3 Å². The van der Waals surface area contributed by atoms with Crippen molar-refractivity contribution in [3.8, 4) is 11.5 Å². The van der Waals surface area contributed by atoms with E-state index in [0.29, 0.717) is 22.1 Å². The molecule has 0 aromatic heterocycles. The first-order valence-electron chi connectivity index (χ1n) is 12.7. The zero-order chi connectivity index (χ0) is 28.9. The first-order chi connectivity index (χ1) is 19.1. The van der Waals surface area contributed by atoms with Crippen LogP contribution in [0.3, 0.4) is 0 Å². The highest BCUT2D eigenvalue weighted by molar-refractivity contribution is 6.04. The first kappa shape index (κ1) is 28.9. The number of methoxy groups -OCH3 is 1. The summed E-state index contributed by atoms with van der Waals surface area (Å²) in [5.74, 6) is -0.0526. The Morgan fingerprint density at radius 2 is 1.52 bits per heavy atom. The summed E-state index contributed by atoms with van der Waals surface area (Å²) in [6.07, 6.45) is -16.5. The van der Waals surface area contributed by atoms with Crippen molar-refractivity contribution in [1.82, 2.24) is 0 Å². The van der Waals surface area contributed by atoms with E-state index >= 15 is 0 Å². The van der Waals surface area contributed by atoms with Gasteiger partial charge < -0.3 is 64.2 Å². The fourth-order valence-electron chi connectivity index (χ4n) is 5.21. The molecule has 2 aromatic rings. The topological polar surface area (TPSA) is 214 Å². The van der Waals surface area contributed by atoms with Gasteiger partial charge in [-0.2, -0.15) is 0 Å². The Morgan fingerprint density at radius 3 is 2.20 bits per heavy atom. The molecule has 2 saturated heterocycles. The van der Waals surface area contributed by atoms with Crippen LogP contribution >= 0.6 is 0 Å². The van der Waals surface area contributed by atoms with Crippen molar-refractivity contribution in [1.29, 1.82) is 0 Å². The Kier molecular flexibility index (Phi) is 8.18. The molecule has 0 saturated carbocycles. The lowest BCUT2D eigenvalue weighted by Gasteiger charge is -2.42. The molecule has 3 aliphatic heterocycles. The van der Waals surface area contributed by atoms with Crippen molar-refractivity contribution in [3.05, 3.63) is 35.4 Å². The molecule has 0 spiro atoms. The van der Waals surface area contributed by atoms with E-state index in [1.54, 1.807) is 31.2 Å². The summed E-state index contributed by atoms with van der Waals surface area (Å²) in [6.45, 7) is 0.450. The number of ether oxygens (including phenoxy) is 6. The quantitative estimate of drug-likeness (QED) is 0.182. The van der Waals surface area contributed by atoms with Crippen LogP contribution in [0.5, 0.6) is 11.5 Å². The summed E-state index contributed by atoms with van der Waals surface area (Å²) in [6, 6.07) is 6.77. The summed E-state index contributed by atoms with van der Waals surface area (Å²) in [5.41, 5.74) is 0.629. The van der Waals surface area contributed by atoms with Crippen molar-refractivity contribution in [2.75, 3.05) is 20.3 Å². The molecule has 11 atom stereocenters. The van der Waals surface area contributed by atoms with E-state index in [0.717, 1.165) is 0 Å². The Labute approximate surface area is 227 Å². The zero-order valence-electron chi connectivity index (χ0n) is 21.6. The van der Waals surface area contributed by atoms with Gasteiger partial charge in [0, 0.05) is 5.56 Å². The van der Waals surface area contributed by atoms with E-state index in [9.17, 15) is 40.5 Å². The first-order valence-corrected chi connectivity index (χ1v) is 12.7. The molecule has 40 heavy (non-hydrogen) atoms. The smallest absolute Gasteiger partial charge is 0.339 e. The number of hydrogen-bond donors (Lipinski definition) is 7. The van der Waals surface area contributed by atoms with E-state index < -0.39 is 86.7 Å². The zero-order valence-corrected chi connectivity index (χ0v) is 21.6. The highest BCUT2D eigenvalue weighted by atomic mass is 16.7. The number of rotatable bonds is 7. The molecule has 2 aromatic carbocycles. The molecule has 14 nitrogen and oxygen atoms in total. The van der Waals surface area contributed by atoms with Crippen LogP contribution in [0.25, 0.3) is 10.8 Å². The summed E-state index contributed by atoms with van der Waals surface area (Å²) in [4.78, 5) is 12.5. The Hall–Kier alpha value is -2.63. The summed E-state index contributed by atoms with van der Waals surface area (Å²) < 4.78 is 33.6. The summed E-state index contributed by atoms with van der Waals surface area (Å²) in [7, 11) is 1.45. The lowest BCUT2D eigenvalue weighted by Crippen LogP contribution is -2.62. The minimum absolute atomic E-state index is 0.115. The molecule has 7 N–H and O–H groups in total. The van der Waals surface area contributed by atoms with Gasteiger partial charge in [-0.05, 0) is 24.4 Å². The SMILES string of the molecule is COc1cccc2cc3c(c(O[C@@H]4O[C@H](CO[C@@H]5O[C@H](CO)[C@@H](O)[C@H](O)[C@H]5O)[C@@H](O)[C@H](O)[C@H]4O)c12)[C@H](C)OC3=O. The van der Waals surface area contributed by atoms with Crippen molar-refractivity contribution in [2.24, 2.45) is 0 Å². The predicted octanol–water partition coefficient (Wildman–Crippen LogP) is -1.92. The van der Waals surface area contributed by atoms with Crippen molar-refractivity contribution in [2.45, 2.75) is 74.4 Å². The van der Waals surface area contributed by atoms with Crippen LogP contribution in [0.4, 0.5) is 0 Å². The summed E-state index contributed by atoms with van der Waals surface area (Å²) in [5, 5.41) is 72.5. The Bertz CT molecular complexity index is 1240. The highest BCUT2D eigenvalue weighted by Crippen LogP contribution is 2.46. The summed E-state index contributed by atoms with van der Waals surface area (Å²) >= 11 is 0. The third-order valence-electron chi connectivity index (χ3n) is 7.43. The molecule has 5 rings (SSSR count). The molecule has 220 valence electrons. The number of fused-ring (bicyclic) bond motifs is 2. The third-order valence-corrected chi connectivity index (χ3v) is 7.43. The average Bonchev–Trinajstić information content (AvgIpc) is 3.23. The maximum Gasteiger partial charge on any atom is 0.339 e. The maximum absolute atomic E-state index is 12.5. The van der Waals surface area contributed by atoms with Crippen LogP contribution in [-0.2, 0) is 18.9 Å². The molecule has 3 heterocycles. The fraction of sp³-hybridized carbons (Fsp3) is 0.577. The molecule has 0 amide bonds. The maximum atomic E-state index is 12.5. The second kappa shape index (κ2) is 11.3. The molecular formula is C26H32O14. The van der Waals surface area contributed by atoms with E-state index in [4.69, 9.17) is 28.4 Å². The minimum atomic E-state index is -1.76. The monoisotopic (exact) mass is 568 g/mol. The number of hydrogen-bond acceptors (Lipinski definition) is 14. The normalized spacial score (nSPS) is 37.7. The molecule has 0 bridgehead atoms. The molecule has 2 fully saturated rings. The second-order valence-corrected chi connectivity index (χ2v) is 9.94. The predicted molar refractivity (Wildman–Crippen MR) is 131 cm³/mol. The molecule has 0 aliphatic carbocycles. The molecule has 14 heteroatoms. The number of cyclic esters (lactones) is 1. The van der Waals surface area contributed by atoms with Gasteiger partial charge in [-0.25, -0.2) is 4.79 Å². The number of benzene rings is 2. The van der Waals surface area contributed by atoms with E-state index in [1.165, 1.54) is 7.11 Å². The number of carbonyl (C=O) groups is 1. The van der Waals surface area contributed by atoms with Crippen LogP contribution in [-0.4, -0.2) is 123 Å². The second-order valence-electron chi connectivity index (χ2n) is 9.94. The molecule has 0 radical (unpaired) electrons. The largest absolute Gasteiger partial charge is 0.496 e. The van der Waals surface area contributed by atoms with Gasteiger partial charge in [-0.15, -0.1) is 0 Å².